The summed E-state index contributed by atoms with van der Waals surface area (Å²) in [6, 6.07) is 10.9. The molecule has 0 heterocycles. The first-order chi connectivity index (χ1) is 7.85. The van der Waals surface area contributed by atoms with Crippen molar-refractivity contribution in [3.63, 3.8) is 0 Å². The van der Waals surface area contributed by atoms with E-state index in [1.807, 2.05) is 0 Å². The maximum atomic E-state index is 6.10. The Morgan fingerprint density at radius 2 is 1.81 bits per heavy atom. The normalized spacial score (nSPS) is 19.6. The molecule has 0 amide bonds. The predicted octanol–water partition coefficient (Wildman–Crippen LogP) is 2.71. The fourth-order valence-corrected chi connectivity index (χ4v) is 5.25. The van der Waals surface area contributed by atoms with Gasteiger partial charge >= 0.3 is 105 Å². The van der Waals surface area contributed by atoms with Gasteiger partial charge in [0.15, 0.2) is 0 Å². The summed E-state index contributed by atoms with van der Waals surface area (Å²) in [7, 11) is 0. The molecule has 0 N–H and O–H groups in total. The molecule has 16 heavy (non-hydrogen) atoms. The zero-order valence-electron chi connectivity index (χ0n) is 9.95. The number of hydrogen-bond acceptors (Lipinski definition) is 1. The van der Waals surface area contributed by atoms with Crippen LogP contribution in [0.5, 0.6) is 0 Å². The quantitative estimate of drug-likeness (QED) is 0.772. The van der Waals surface area contributed by atoms with Gasteiger partial charge in [-0.25, -0.2) is 0 Å². The monoisotopic (exact) mass is 284 g/mol. The first kappa shape index (κ1) is 12.2. The molecule has 1 aliphatic rings. The van der Waals surface area contributed by atoms with Gasteiger partial charge in [0, 0.05) is 0 Å². The Kier molecular flexibility index (Phi) is 4.45. The molecule has 1 aromatic carbocycles. The van der Waals surface area contributed by atoms with Gasteiger partial charge in [-0.05, 0) is 0 Å². The second kappa shape index (κ2) is 5.86. The molecular weight excluding hydrogens is 263 g/mol. The van der Waals surface area contributed by atoms with Gasteiger partial charge in [-0.1, -0.05) is 0 Å². The Hall–Kier alpha value is -0.301. The zero-order valence-corrected chi connectivity index (χ0v) is 11.7. The number of rotatable bonds is 4. The number of hydrogen-bond donors (Lipinski definition) is 0. The van der Waals surface area contributed by atoms with Crippen molar-refractivity contribution in [3.05, 3.63) is 30.3 Å². The fourth-order valence-electron chi connectivity index (χ4n) is 2.33. The second-order valence-electron chi connectivity index (χ2n) is 4.32. The van der Waals surface area contributed by atoms with Gasteiger partial charge in [0.1, 0.15) is 0 Å². The van der Waals surface area contributed by atoms with Gasteiger partial charge in [-0.3, -0.25) is 0 Å². The Balaban J connectivity index is 2.07. The van der Waals surface area contributed by atoms with Crippen LogP contribution in [0.4, 0.5) is 0 Å². The van der Waals surface area contributed by atoms with E-state index in [0.717, 1.165) is 6.61 Å². The van der Waals surface area contributed by atoms with E-state index in [-0.39, 0.29) is 4.50 Å². The molecule has 2 heteroatoms. The van der Waals surface area contributed by atoms with E-state index in [2.05, 4.69) is 37.3 Å². The van der Waals surface area contributed by atoms with Crippen LogP contribution in [-0.4, -0.2) is 26.1 Å². The SMILES string of the molecule is CCOC1([Se]c2ccccc2)CCCCC1. The zero-order chi connectivity index (χ0) is 11.3. The van der Waals surface area contributed by atoms with E-state index in [9.17, 15) is 0 Å². The van der Waals surface area contributed by atoms with Gasteiger partial charge < -0.3 is 0 Å². The molecule has 0 unspecified atom stereocenters. The van der Waals surface area contributed by atoms with Crippen molar-refractivity contribution >= 4 is 19.4 Å². The summed E-state index contributed by atoms with van der Waals surface area (Å²) >= 11 is 0.463. The van der Waals surface area contributed by atoms with Crippen molar-refractivity contribution in [2.24, 2.45) is 0 Å². The van der Waals surface area contributed by atoms with Gasteiger partial charge in [-0.15, -0.1) is 0 Å². The summed E-state index contributed by atoms with van der Waals surface area (Å²) in [6.45, 7) is 2.98. The minimum absolute atomic E-state index is 0.196. The van der Waals surface area contributed by atoms with Crippen molar-refractivity contribution < 1.29 is 4.74 Å². The average Bonchev–Trinajstić information content (AvgIpc) is 2.31. The van der Waals surface area contributed by atoms with Crippen molar-refractivity contribution in [2.45, 2.75) is 43.5 Å². The number of benzene rings is 1. The molecule has 0 spiro atoms. The topological polar surface area (TPSA) is 9.23 Å². The molecule has 0 atom stereocenters. The summed E-state index contributed by atoms with van der Waals surface area (Å²) in [6.07, 6.45) is 6.59. The summed E-state index contributed by atoms with van der Waals surface area (Å²) < 4.78 is 7.78. The van der Waals surface area contributed by atoms with Crippen LogP contribution in [0, 0.1) is 0 Å². The number of ether oxygens (including phenoxy) is 1. The van der Waals surface area contributed by atoms with Gasteiger partial charge in [0.2, 0.25) is 0 Å². The predicted molar refractivity (Wildman–Crippen MR) is 69.3 cm³/mol. The van der Waals surface area contributed by atoms with Crippen molar-refractivity contribution in [1.29, 1.82) is 0 Å². The summed E-state index contributed by atoms with van der Waals surface area (Å²) in [4.78, 5) is 0. The maximum absolute atomic E-state index is 6.10. The first-order valence-corrected chi connectivity index (χ1v) is 7.94. The standard InChI is InChI=1S/C14H20OSe/c1-2-15-14(11-7-4-8-12-14)16-13-9-5-3-6-10-13/h3,5-6,9-10H,2,4,7-8,11-12H2,1H3. The Labute approximate surface area is 105 Å². The summed E-state index contributed by atoms with van der Waals surface area (Å²) in [5.41, 5.74) is 0. The van der Waals surface area contributed by atoms with E-state index in [0.29, 0.717) is 15.0 Å². The van der Waals surface area contributed by atoms with Crippen LogP contribution in [-0.2, 0) is 4.74 Å². The molecule has 1 aromatic rings. The van der Waals surface area contributed by atoms with Gasteiger partial charge in [-0.2, -0.15) is 0 Å². The minimum atomic E-state index is 0.196. The molecule has 88 valence electrons. The molecule has 0 radical (unpaired) electrons. The van der Waals surface area contributed by atoms with Crippen LogP contribution in [0.1, 0.15) is 39.0 Å². The van der Waals surface area contributed by atoms with Crippen LogP contribution >= 0.6 is 0 Å². The van der Waals surface area contributed by atoms with Crippen LogP contribution in [0.2, 0.25) is 0 Å². The fraction of sp³-hybridized carbons (Fsp3) is 0.571. The average molecular weight is 283 g/mol. The third-order valence-corrected chi connectivity index (χ3v) is 6.02. The van der Waals surface area contributed by atoms with Gasteiger partial charge in [0.25, 0.3) is 0 Å². The molecule has 0 aliphatic heterocycles. The first-order valence-electron chi connectivity index (χ1n) is 6.23. The molecule has 0 saturated heterocycles. The molecule has 1 aliphatic carbocycles. The Bertz CT molecular complexity index is 298. The molecular formula is C14H20OSe. The van der Waals surface area contributed by atoms with Crippen molar-refractivity contribution in [1.82, 2.24) is 0 Å². The van der Waals surface area contributed by atoms with Crippen LogP contribution in [0.15, 0.2) is 30.3 Å². The third kappa shape index (κ3) is 3.10. The van der Waals surface area contributed by atoms with E-state index in [1.54, 1.807) is 0 Å². The van der Waals surface area contributed by atoms with E-state index < -0.39 is 0 Å². The van der Waals surface area contributed by atoms with E-state index in [4.69, 9.17) is 4.74 Å². The summed E-state index contributed by atoms with van der Waals surface area (Å²) in [5, 5.41) is 0. The summed E-state index contributed by atoms with van der Waals surface area (Å²) in [5.74, 6) is 0. The molecule has 0 aromatic heterocycles. The molecule has 2 rings (SSSR count). The Morgan fingerprint density at radius 1 is 1.12 bits per heavy atom. The van der Waals surface area contributed by atoms with Crippen molar-refractivity contribution in [3.8, 4) is 0 Å². The molecule has 1 fully saturated rings. The Morgan fingerprint density at radius 3 is 2.44 bits per heavy atom. The third-order valence-electron chi connectivity index (χ3n) is 3.07. The van der Waals surface area contributed by atoms with Crippen molar-refractivity contribution in [2.75, 3.05) is 6.61 Å². The van der Waals surface area contributed by atoms with Crippen LogP contribution in [0.3, 0.4) is 0 Å². The van der Waals surface area contributed by atoms with E-state index in [1.165, 1.54) is 36.6 Å². The molecule has 1 saturated carbocycles. The second-order valence-corrected chi connectivity index (χ2v) is 7.30. The molecule has 1 nitrogen and oxygen atoms in total. The van der Waals surface area contributed by atoms with Crippen LogP contribution in [0.25, 0.3) is 0 Å². The van der Waals surface area contributed by atoms with Gasteiger partial charge in [0.05, 0.1) is 0 Å². The van der Waals surface area contributed by atoms with E-state index >= 15 is 0 Å². The van der Waals surface area contributed by atoms with Crippen LogP contribution < -0.4 is 4.46 Å². The molecule has 0 bridgehead atoms.